The van der Waals surface area contributed by atoms with Crippen molar-refractivity contribution in [1.29, 1.82) is 0 Å². The molecule has 2 atom stereocenters. The maximum atomic E-state index is 12.5. The third-order valence-corrected chi connectivity index (χ3v) is 4.50. The van der Waals surface area contributed by atoms with Gasteiger partial charge in [0.1, 0.15) is 6.10 Å². The van der Waals surface area contributed by atoms with Gasteiger partial charge in [-0.1, -0.05) is 45.9 Å². The van der Waals surface area contributed by atoms with Crippen LogP contribution in [0.1, 0.15) is 50.6 Å². The Kier molecular flexibility index (Phi) is 5.40. The minimum absolute atomic E-state index is 0.0184. The number of rotatable bonds is 4. The molecule has 2 unspecified atom stereocenters. The van der Waals surface area contributed by atoms with Crippen molar-refractivity contribution in [2.75, 3.05) is 5.32 Å². The van der Waals surface area contributed by atoms with E-state index in [1.807, 2.05) is 65.0 Å². The molecule has 1 amide bonds. The number of anilines is 1. The van der Waals surface area contributed by atoms with E-state index in [0.717, 1.165) is 11.3 Å². The highest BCUT2D eigenvalue weighted by atomic mass is 16.3. The Balaban J connectivity index is 2.25. The number of benzene rings is 1. The van der Waals surface area contributed by atoms with E-state index in [-0.39, 0.29) is 17.2 Å². The number of hydrogen-bond acceptors (Lipinski definition) is 3. The number of aryl methyl sites for hydroxylation is 1. The van der Waals surface area contributed by atoms with Gasteiger partial charge in [0.15, 0.2) is 0 Å². The smallest absolute Gasteiger partial charge is 0.227 e. The second-order valence-corrected chi connectivity index (χ2v) is 7.31. The standard InChI is InChI=1S/C20H26N2O2/c1-13-9-10-15(18(23)16-8-6-7-11-21-16)12-17(13)22-19(24)14(2)20(3,4)5/h6-12,14,18,23H,1-5H3,(H,22,24). The summed E-state index contributed by atoms with van der Waals surface area (Å²) in [7, 11) is 0. The number of pyridine rings is 1. The summed E-state index contributed by atoms with van der Waals surface area (Å²) in [5.41, 5.74) is 2.87. The maximum Gasteiger partial charge on any atom is 0.227 e. The molecule has 0 spiro atoms. The molecule has 4 heteroatoms. The van der Waals surface area contributed by atoms with Crippen LogP contribution in [-0.4, -0.2) is 16.0 Å². The van der Waals surface area contributed by atoms with Crippen LogP contribution in [0.15, 0.2) is 42.6 Å². The molecule has 24 heavy (non-hydrogen) atoms. The summed E-state index contributed by atoms with van der Waals surface area (Å²) in [6, 6.07) is 11.0. The lowest BCUT2D eigenvalue weighted by atomic mass is 9.81. The van der Waals surface area contributed by atoms with E-state index in [4.69, 9.17) is 0 Å². The molecule has 2 rings (SSSR count). The number of amides is 1. The van der Waals surface area contributed by atoms with E-state index >= 15 is 0 Å². The molecule has 0 saturated heterocycles. The Morgan fingerprint density at radius 2 is 1.92 bits per heavy atom. The van der Waals surface area contributed by atoms with Gasteiger partial charge in [0.05, 0.1) is 5.69 Å². The molecule has 0 fully saturated rings. The molecule has 128 valence electrons. The molecule has 0 aliphatic carbocycles. The van der Waals surface area contributed by atoms with Gasteiger partial charge in [0.25, 0.3) is 0 Å². The summed E-state index contributed by atoms with van der Waals surface area (Å²) in [6.45, 7) is 10.0. The van der Waals surface area contributed by atoms with Crippen molar-refractivity contribution in [2.45, 2.75) is 40.7 Å². The predicted molar refractivity (Wildman–Crippen MR) is 96.7 cm³/mol. The molecular formula is C20H26N2O2. The van der Waals surface area contributed by atoms with Gasteiger partial charge < -0.3 is 10.4 Å². The molecule has 1 aromatic carbocycles. The average molecular weight is 326 g/mol. The van der Waals surface area contributed by atoms with Crippen LogP contribution in [0.5, 0.6) is 0 Å². The van der Waals surface area contributed by atoms with Gasteiger partial charge >= 0.3 is 0 Å². The van der Waals surface area contributed by atoms with Crippen LogP contribution in [0.2, 0.25) is 0 Å². The molecule has 0 aliphatic rings. The first-order chi connectivity index (χ1) is 11.2. The predicted octanol–water partition coefficient (Wildman–Crippen LogP) is 4.09. The topological polar surface area (TPSA) is 62.2 Å². The van der Waals surface area contributed by atoms with Gasteiger partial charge in [0.2, 0.25) is 5.91 Å². The Hall–Kier alpha value is -2.20. The number of hydrogen-bond donors (Lipinski definition) is 2. The molecule has 0 saturated carbocycles. The Bertz CT molecular complexity index is 705. The van der Waals surface area contributed by atoms with Gasteiger partial charge in [-0.2, -0.15) is 0 Å². The molecule has 1 aromatic heterocycles. The second kappa shape index (κ2) is 7.14. The van der Waals surface area contributed by atoms with Crippen LogP contribution in [0.25, 0.3) is 0 Å². The zero-order chi connectivity index (χ0) is 17.9. The van der Waals surface area contributed by atoms with Gasteiger partial charge in [-0.05, 0) is 41.7 Å². The Labute approximate surface area is 143 Å². The third-order valence-electron chi connectivity index (χ3n) is 4.50. The lowest BCUT2D eigenvalue weighted by Crippen LogP contribution is -2.31. The van der Waals surface area contributed by atoms with Gasteiger partial charge in [-0.15, -0.1) is 0 Å². The van der Waals surface area contributed by atoms with Crippen molar-refractivity contribution in [3.05, 3.63) is 59.4 Å². The fourth-order valence-corrected chi connectivity index (χ4v) is 2.29. The molecular weight excluding hydrogens is 300 g/mol. The molecule has 1 heterocycles. The summed E-state index contributed by atoms with van der Waals surface area (Å²) in [6.07, 6.45) is 0.836. The first-order valence-electron chi connectivity index (χ1n) is 8.20. The number of nitrogens with one attached hydrogen (secondary N) is 1. The lowest BCUT2D eigenvalue weighted by Gasteiger charge is -2.26. The molecule has 0 bridgehead atoms. The fraction of sp³-hybridized carbons (Fsp3) is 0.400. The van der Waals surface area contributed by atoms with E-state index in [1.54, 1.807) is 12.3 Å². The first kappa shape index (κ1) is 18.1. The van der Waals surface area contributed by atoms with Crippen molar-refractivity contribution in [2.24, 2.45) is 11.3 Å². The summed E-state index contributed by atoms with van der Waals surface area (Å²) in [5.74, 6) is -0.142. The van der Waals surface area contributed by atoms with Crippen LogP contribution >= 0.6 is 0 Å². The van der Waals surface area contributed by atoms with E-state index in [0.29, 0.717) is 11.3 Å². The van der Waals surface area contributed by atoms with Crippen molar-refractivity contribution >= 4 is 11.6 Å². The fourth-order valence-electron chi connectivity index (χ4n) is 2.29. The monoisotopic (exact) mass is 326 g/mol. The quantitative estimate of drug-likeness (QED) is 0.889. The average Bonchev–Trinajstić information content (AvgIpc) is 2.55. The van der Waals surface area contributed by atoms with E-state index in [1.165, 1.54) is 0 Å². The minimum Gasteiger partial charge on any atom is -0.382 e. The normalized spacial score (nSPS) is 14.1. The largest absolute Gasteiger partial charge is 0.382 e. The first-order valence-corrected chi connectivity index (χ1v) is 8.20. The molecule has 0 aliphatic heterocycles. The highest BCUT2D eigenvalue weighted by Gasteiger charge is 2.27. The van der Waals surface area contributed by atoms with E-state index in [2.05, 4.69) is 10.3 Å². The highest BCUT2D eigenvalue weighted by molar-refractivity contribution is 5.93. The second-order valence-electron chi connectivity index (χ2n) is 7.31. The minimum atomic E-state index is -0.817. The third kappa shape index (κ3) is 4.20. The number of aliphatic hydroxyl groups is 1. The SMILES string of the molecule is Cc1ccc(C(O)c2ccccn2)cc1NC(=O)C(C)C(C)(C)C. The molecule has 4 nitrogen and oxygen atoms in total. The number of carbonyl (C=O) groups excluding carboxylic acids is 1. The van der Waals surface area contributed by atoms with Gasteiger partial charge in [0, 0.05) is 17.8 Å². The van der Waals surface area contributed by atoms with Crippen LogP contribution in [0.3, 0.4) is 0 Å². The van der Waals surface area contributed by atoms with E-state index in [9.17, 15) is 9.90 Å². The molecule has 0 radical (unpaired) electrons. The highest BCUT2D eigenvalue weighted by Crippen LogP contribution is 2.29. The van der Waals surface area contributed by atoms with E-state index < -0.39 is 6.10 Å². The summed E-state index contributed by atoms with van der Waals surface area (Å²) in [4.78, 5) is 16.7. The molecule has 2 aromatic rings. The van der Waals surface area contributed by atoms with Crippen molar-refractivity contribution < 1.29 is 9.90 Å². The summed E-state index contributed by atoms with van der Waals surface area (Å²) in [5, 5.41) is 13.5. The van der Waals surface area contributed by atoms with Crippen molar-refractivity contribution in [3.63, 3.8) is 0 Å². The van der Waals surface area contributed by atoms with Crippen LogP contribution < -0.4 is 5.32 Å². The number of carbonyl (C=O) groups is 1. The number of nitrogens with zero attached hydrogens (tertiary/aromatic N) is 1. The Morgan fingerprint density at radius 1 is 1.21 bits per heavy atom. The zero-order valence-electron chi connectivity index (χ0n) is 15.0. The van der Waals surface area contributed by atoms with Crippen LogP contribution in [0.4, 0.5) is 5.69 Å². The summed E-state index contributed by atoms with van der Waals surface area (Å²) >= 11 is 0. The van der Waals surface area contributed by atoms with Crippen molar-refractivity contribution in [3.8, 4) is 0 Å². The van der Waals surface area contributed by atoms with Gasteiger partial charge in [-0.25, -0.2) is 0 Å². The lowest BCUT2D eigenvalue weighted by molar-refractivity contribution is -0.122. The van der Waals surface area contributed by atoms with Crippen LogP contribution in [0, 0.1) is 18.3 Å². The summed E-state index contributed by atoms with van der Waals surface area (Å²) < 4.78 is 0. The molecule has 2 N–H and O–H groups in total. The maximum absolute atomic E-state index is 12.5. The zero-order valence-corrected chi connectivity index (χ0v) is 15.0. The van der Waals surface area contributed by atoms with Crippen molar-refractivity contribution in [1.82, 2.24) is 4.98 Å². The van der Waals surface area contributed by atoms with Gasteiger partial charge in [-0.3, -0.25) is 9.78 Å². The van der Waals surface area contributed by atoms with Crippen LogP contribution in [-0.2, 0) is 4.79 Å². The number of aliphatic hydroxyl groups excluding tert-OH is 1. The number of aromatic nitrogens is 1. The Morgan fingerprint density at radius 3 is 2.50 bits per heavy atom.